The highest BCUT2D eigenvalue weighted by Gasteiger charge is 2.31. The number of halogens is 3. The predicted octanol–water partition coefficient (Wildman–Crippen LogP) is 1.57. The van der Waals surface area contributed by atoms with Crippen LogP contribution in [-0.2, 0) is 6.18 Å². The molecule has 0 amide bonds. The van der Waals surface area contributed by atoms with E-state index < -0.39 is 24.4 Å². The van der Waals surface area contributed by atoms with Crippen LogP contribution in [-0.4, -0.2) is 11.7 Å². The van der Waals surface area contributed by atoms with E-state index in [9.17, 15) is 13.2 Å². The number of aliphatic hydroxyl groups excluding tert-OH is 1. The molecule has 0 aliphatic heterocycles. The number of hydrogen-bond acceptors (Lipinski definition) is 3. The summed E-state index contributed by atoms with van der Waals surface area (Å²) in [5, 5.41) is 17.3. The summed E-state index contributed by atoms with van der Waals surface area (Å²) < 4.78 is 37.3. The van der Waals surface area contributed by atoms with Crippen molar-refractivity contribution in [3.8, 4) is 6.07 Å². The molecule has 1 aromatic rings. The van der Waals surface area contributed by atoms with Crippen molar-refractivity contribution < 1.29 is 18.3 Å². The lowest BCUT2D eigenvalue weighted by atomic mass is 10.0. The normalized spacial score (nSPS) is 13.2. The van der Waals surface area contributed by atoms with Crippen LogP contribution in [0.2, 0.25) is 0 Å². The molecule has 0 bridgehead atoms. The van der Waals surface area contributed by atoms with Crippen LogP contribution >= 0.6 is 0 Å². The molecule has 0 heterocycles. The van der Waals surface area contributed by atoms with Crippen molar-refractivity contribution >= 4 is 0 Å². The van der Waals surface area contributed by atoms with E-state index in [0.717, 1.165) is 12.1 Å². The Hall–Kier alpha value is -1.58. The van der Waals surface area contributed by atoms with Gasteiger partial charge in [-0.05, 0) is 23.8 Å². The van der Waals surface area contributed by atoms with Crippen LogP contribution < -0.4 is 5.73 Å². The zero-order valence-corrected chi connectivity index (χ0v) is 8.12. The molecule has 0 aromatic heterocycles. The molecule has 1 atom stereocenters. The third-order valence-electron chi connectivity index (χ3n) is 2.04. The Morgan fingerprint density at radius 3 is 2.44 bits per heavy atom. The third kappa shape index (κ3) is 2.72. The largest absolute Gasteiger partial charge is 0.416 e. The molecular weight excluding hydrogens is 221 g/mol. The lowest BCUT2D eigenvalue weighted by molar-refractivity contribution is -0.137. The van der Waals surface area contributed by atoms with Crippen molar-refractivity contribution in [3.63, 3.8) is 0 Å². The minimum Gasteiger partial charge on any atom is -0.394 e. The van der Waals surface area contributed by atoms with Crippen molar-refractivity contribution in [1.82, 2.24) is 0 Å². The standard InChI is InChI=1S/C10H9F3N2O/c11-10(12,13)8-2-6(4-14)1-7(3-8)9(15)5-16/h1-3,9,16H,5,15H2/t9-/m1/s1. The molecule has 16 heavy (non-hydrogen) atoms. The molecule has 0 radical (unpaired) electrons. The van der Waals surface area contributed by atoms with E-state index in [1.165, 1.54) is 6.07 Å². The van der Waals surface area contributed by atoms with Gasteiger partial charge in [0.15, 0.2) is 0 Å². The number of alkyl halides is 3. The summed E-state index contributed by atoms with van der Waals surface area (Å²) >= 11 is 0. The second-order valence-electron chi connectivity index (χ2n) is 3.24. The summed E-state index contributed by atoms with van der Waals surface area (Å²) in [7, 11) is 0. The van der Waals surface area contributed by atoms with Crippen LogP contribution in [0.4, 0.5) is 13.2 Å². The Morgan fingerprint density at radius 1 is 1.38 bits per heavy atom. The zero-order valence-electron chi connectivity index (χ0n) is 8.12. The van der Waals surface area contributed by atoms with Gasteiger partial charge >= 0.3 is 6.18 Å². The highest BCUT2D eigenvalue weighted by atomic mass is 19.4. The second-order valence-corrected chi connectivity index (χ2v) is 3.24. The van der Waals surface area contributed by atoms with Crippen molar-refractivity contribution in [2.75, 3.05) is 6.61 Å². The van der Waals surface area contributed by atoms with E-state index in [4.69, 9.17) is 16.1 Å². The number of aliphatic hydroxyl groups is 1. The quantitative estimate of drug-likeness (QED) is 0.810. The highest BCUT2D eigenvalue weighted by molar-refractivity contribution is 5.39. The van der Waals surface area contributed by atoms with Gasteiger partial charge in [-0.3, -0.25) is 0 Å². The molecule has 0 spiro atoms. The van der Waals surface area contributed by atoms with Crippen LogP contribution in [0.15, 0.2) is 18.2 Å². The van der Waals surface area contributed by atoms with Crippen LogP contribution in [0.25, 0.3) is 0 Å². The van der Waals surface area contributed by atoms with Crippen molar-refractivity contribution in [2.45, 2.75) is 12.2 Å². The second kappa shape index (κ2) is 4.51. The van der Waals surface area contributed by atoms with Crippen LogP contribution in [0.5, 0.6) is 0 Å². The van der Waals surface area contributed by atoms with E-state index in [-0.39, 0.29) is 11.1 Å². The third-order valence-corrected chi connectivity index (χ3v) is 2.04. The topological polar surface area (TPSA) is 70.0 Å². The number of nitrogens with zero attached hydrogens (tertiary/aromatic N) is 1. The van der Waals surface area contributed by atoms with Gasteiger partial charge in [0, 0.05) is 0 Å². The first-order chi connectivity index (χ1) is 7.38. The molecule has 0 aliphatic rings. The molecular formula is C10H9F3N2O. The molecule has 1 aromatic carbocycles. The maximum Gasteiger partial charge on any atom is 0.416 e. The Labute approximate surface area is 89.9 Å². The van der Waals surface area contributed by atoms with Gasteiger partial charge in [0.05, 0.1) is 29.8 Å². The minimum atomic E-state index is -4.53. The van der Waals surface area contributed by atoms with Crippen molar-refractivity contribution in [3.05, 3.63) is 34.9 Å². The molecule has 86 valence electrons. The van der Waals surface area contributed by atoms with Gasteiger partial charge in [-0.2, -0.15) is 18.4 Å². The van der Waals surface area contributed by atoms with Gasteiger partial charge in [0.25, 0.3) is 0 Å². The molecule has 3 nitrogen and oxygen atoms in total. The lowest BCUT2D eigenvalue weighted by Gasteiger charge is -2.13. The van der Waals surface area contributed by atoms with Gasteiger partial charge in [-0.1, -0.05) is 0 Å². The molecule has 3 N–H and O–H groups in total. The maximum absolute atomic E-state index is 12.4. The molecule has 1 rings (SSSR count). The average Bonchev–Trinajstić information content (AvgIpc) is 2.26. The van der Waals surface area contributed by atoms with Gasteiger partial charge < -0.3 is 10.8 Å². The Morgan fingerprint density at radius 2 is 2.00 bits per heavy atom. The summed E-state index contributed by atoms with van der Waals surface area (Å²) in [6, 6.07) is 3.51. The van der Waals surface area contributed by atoms with Crippen molar-refractivity contribution in [1.29, 1.82) is 5.26 Å². The van der Waals surface area contributed by atoms with Gasteiger partial charge in [-0.25, -0.2) is 0 Å². The number of nitriles is 1. The van der Waals surface area contributed by atoms with Crippen LogP contribution in [0.3, 0.4) is 0 Å². The summed E-state index contributed by atoms with van der Waals surface area (Å²) in [4.78, 5) is 0. The van der Waals surface area contributed by atoms with Gasteiger partial charge in [0.1, 0.15) is 0 Å². The van der Waals surface area contributed by atoms with E-state index in [1.54, 1.807) is 6.07 Å². The minimum absolute atomic E-state index is 0.0916. The van der Waals surface area contributed by atoms with E-state index in [2.05, 4.69) is 0 Å². The fraction of sp³-hybridized carbons (Fsp3) is 0.300. The number of nitrogens with two attached hydrogens (primary N) is 1. The monoisotopic (exact) mass is 230 g/mol. The van der Waals surface area contributed by atoms with Gasteiger partial charge in [0.2, 0.25) is 0 Å². The average molecular weight is 230 g/mol. The fourth-order valence-corrected chi connectivity index (χ4v) is 1.20. The summed E-state index contributed by atoms with van der Waals surface area (Å²) in [6.45, 7) is -0.480. The fourth-order valence-electron chi connectivity index (χ4n) is 1.20. The first-order valence-corrected chi connectivity index (χ1v) is 4.37. The first kappa shape index (κ1) is 12.5. The van der Waals surface area contributed by atoms with E-state index >= 15 is 0 Å². The smallest absolute Gasteiger partial charge is 0.394 e. The lowest BCUT2D eigenvalue weighted by Crippen LogP contribution is -2.16. The first-order valence-electron chi connectivity index (χ1n) is 4.37. The summed E-state index contributed by atoms with van der Waals surface area (Å²) in [5.74, 6) is 0. The zero-order chi connectivity index (χ0) is 12.3. The van der Waals surface area contributed by atoms with Crippen molar-refractivity contribution in [2.24, 2.45) is 5.73 Å². The van der Waals surface area contributed by atoms with Crippen LogP contribution in [0, 0.1) is 11.3 Å². The summed E-state index contributed by atoms with van der Waals surface area (Å²) in [6.07, 6.45) is -4.53. The van der Waals surface area contributed by atoms with E-state index in [1.807, 2.05) is 0 Å². The van der Waals surface area contributed by atoms with Gasteiger partial charge in [-0.15, -0.1) is 0 Å². The molecule has 0 fully saturated rings. The SMILES string of the molecule is N#Cc1cc([C@H](N)CO)cc(C(F)(F)F)c1. The Kier molecular flexibility index (Phi) is 3.52. The molecule has 0 aliphatic carbocycles. The molecule has 0 saturated heterocycles. The van der Waals surface area contributed by atoms with E-state index in [0.29, 0.717) is 0 Å². The maximum atomic E-state index is 12.4. The number of rotatable bonds is 2. The molecule has 6 heteroatoms. The highest BCUT2D eigenvalue weighted by Crippen LogP contribution is 2.31. The summed E-state index contributed by atoms with van der Waals surface area (Å²) in [5.41, 5.74) is 4.42. The van der Waals surface area contributed by atoms with Crippen LogP contribution in [0.1, 0.15) is 22.7 Å². The molecule has 0 unspecified atom stereocenters. The predicted molar refractivity (Wildman–Crippen MR) is 50.2 cm³/mol. The number of hydrogen-bond donors (Lipinski definition) is 2. The molecule has 0 saturated carbocycles. The number of benzene rings is 1. The Balaban J connectivity index is 3.28. The Bertz CT molecular complexity index is 423.